The summed E-state index contributed by atoms with van der Waals surface area (Å²) in [5.41, 5.74) is 2.13. The van der Waals surface area contributed by atoms with Crippen LogP contribution in [0.1, 0.15) is 27.9 Å². The Kier molecular flexibility index (Phi) is 4.51. The van der Waals surface area contributed by atoms with Crippen molar-refractivity contribution in [2.45, 2.75) is 19.9 Å². The summed E-state index contributed by atoms with van der Waals surface area (Å²) in [6.07, 6.45) is 4.59. The van der Waals surface area contributed by atoms with Crippen LogP contribution < -0.4 is 5.32 Å². The van der Waals surface area contributed by atoms with E-state index >= 15 is 0 Å². The molecule has 0 spiro atoms. The van der Waals surface area contributed by atoms with Gasteiger partial charge in [-0.3, -0.25) is 9.48 Å². The summed E-state index contributed by atoms with van der Waals surface area (Å²) < 4.78 is 1.86. The molecule has 0 atom stereocenters. The summed E-state index contributed by atoms with van der Waals surface area (Å²) in [6, 6.07) is 8.70. The van der Waals surface area contributed by atoms with E-state index in [0.29, 0.717) is 17.7 Å². The lowest BCUT2D eigenvalue weighted by Crippen LogP contribution is -2.25. The molecule has 20 heavy (non-hydrogen) atoms. The molecule has 0 fully saturated rings. The van der Waals surface area contributed by atoms with Gasteiger partial charge in [-0.1, -0.05) is 6.07 Å². The van der Waals surface area contributed by atoms with Gasteiger partial charge in [-0.25, -0.2) is 0 Å². The van der Waals surface area contributed by atoms with Gasteiger partial charge in [-0.15, -0.1) is 0 Å². The first-order valence-corrected chi connectivity index (χ1v) is 6.46. The number of hydrogen-bond acceptors (Lipinski definition) is 3. The minimum absolute atomic E-state index is 0.154. The van der Waals surface area contributed by atoms with Gasteiger partial charge in [0.15, 0.2) is 0 Å². The molecule has 0 aliphatic heterocycles. The highest BCUT2D eigenvalue weighted by molar-refractivity contribution is 5.94. The Balaban J connectivity index is 1.79. The standard InChI is InChI=1S/C15H16N4O/c1-12-10-18-19(11-12)7-3-6-17-15(20)14-5-2-4-13(8-14)9-16/h2,4-5,8,10-11H,3,6-7H2,1H3,(H,17,20). The van der Waals surface area contributed by atoms with Crippen LogP contribution in [-0.4, -0.2) is 22.2 Å². The van der Waals surface area contributed by atoms with E-state index in [-0.39, 0.29) is 5.91 Å². The number of aryl methyl sites for hydroxylation is 2. The lowest BCUT2D eigenvalue weighted by atomic mass is 10.1. The van der Waals surface area contributed by atoms with E-state index in [9.17, 15) is 4.79 Å². The molecule has 0 unspecified atom stereocenters. The second-order valence-corrected chi connectivity index (χ2v) is 4.58. The minimum atomic E-state index is -0.154. The van der Waals surface area contributed by atoms with E-state index in [4.69, 9.17) is 5.26 Å². The zero-order chi connectivity index (χ0) is 14.4. The monoisotopic (exact) mass is 268 g/mol. The van der Waals surface area contributed by atoms with Gasteiger partial charge in [-0.05, 0) is 37.1 Å². The molecule has 1 aromatic carbocycles. The SMILES string of the molecule is Cc1cnn(CCCNC(=O)c2cccc(C#N)c2)c1. The molecule has 2 aromatic rings. The second kappa shape index (κ2) is 6.53. The molecule has 102 valence electrons. The first-order valence-electron chi connectivity index (χ1n) is 6.46. The van der Waals surface area contributed by atoms with Gasteiger partial charge in [0.2, 0.25) is 0 Å². The normalized spacial score (nSPS) is 10.0. The van der Waals surface area contributed by atoms with Crippen LogP contribution in [0, 0.1) is 18.3 Å². The molecule has 1 N–H and O–H groups in total. The highest BCUT2D eigenvalue weighted by Crippen LogP contribution is 2.04. The lowest BCUT2D eigenvalue weighted by Gasteiger charge is -2.05. The van der Waals surface area contributed by atoms with Gasteiger partial charge in [-0.2, -0.15) is 10.4 Å². The van der Waals surface area contributed by atoms with Crippen LogP contribution >= 0.6 is 0 Å². The molecule has 1 amide bonds. The maximum Gasteiger partial charge on any atom is 0.251 e. The van der Waals surface area contributed by atoms with E-state index < -0.39 is 0 Å². The second-order valence-electron chi connectivity index (χ2n) is 4.58. The molecular formula is C15H16N4O. The Morgan fingerprint density at radius 1 is 1.50 bits per heavy atom. The van der Waals surface area contributed by atoms with Crippen molar-refractivity contribution in [1.82, 2.24) is 15.1 Å². The number of nitriles is 1. The van der Waals surface area contributed by atoms with Gasteiger partial charge in [0.1, 0.15) is 0 Å². The van der Waals surface area contributed by atoms with Crippen molar-refractivity contribution >= 4 is 5.91 Å². The van der Waals surface area contributed by atoms with Crippen LogP contribution in [0.25, 0.3) is 0 Å². The molecule has 2 rings (SSSR count). The molecule has 1 heterocycles. The van der Waals surface area contributed by atoms with E-state index in [0.717, 1.165) is 18.5 Å². The smallest absolute Gasteiger partial charge is 0.251 e. The highest BCUT2D eigenvalue weighted by atomic mass is 16.1. The first kappa shape index (κ1) is 13.8. The van der Waals surface area contributed by atoms with Crippen molar-refractivity contribution in [3.63, 3.8) is 0 Å². The van der Waals surface area contributed by atoms with Crippen LogP contribution in [0.3, 0.4) is 0 Å². The molecule has 1 aromatic heterocycles. The fraction of sp³-hybridized carbons (Fsp3) is 0.267. The number of hydrogen-bond donors (Lipinski definition) is 1. The minimum Gasteiger partial charge on any atom is -0.352 e. The summed E-state index contributed by atoms with van der Waals surface area (Å²) in [4.78, 5) is 11.9. The van der Waals surface area contributed by atoms with E-state index in [2.05, 4.69) is 10.4 Å². The van der Waals surface area contributed by atoms with E-state index in [1.807, 2.05) is 30.1 Å². The summed E-state index contributed by atoms with van der Waals surface area (Å²) in [5.74, 6) is -0.154. The zero-order valence-corrected chi connectivity index (χ0v) is 11.3. The van der Waals surface area contributed by atoms with Crippen molar-refractivity contribution in [3.05, 3.63) is 53.3 Å². The predicted octanol–water partition coefficient (Wildman–Crippen LogP) is 1.88. The van der Waals surface area contributed by atoms with Gasteiger partial charge in [0, 0.05) is 24.8 Å². The number of aromatic nitrogens is 2. The number of carbonyl (C=O) groups is 1. The van der Waals surface area contributed by atoms with Crippen LogP contribution in [0.2, 0.25) is 0 Å². The van der Waals surface area contributed by atoms with E-state index in [1.54, 1.807) is 24.3 Å². The largest absolute Gasteiger partial charge is 0.352 e. The van der Waals surface area contributed by atoms with Crippen LogP contribution in [0.15, 0.2) is 36.7 Å². The first-order chi connectivity index (χ1) is 9.69. The maximum atomic E-state index is 11.9. The summed E-state index contributed by atoms with van der Waals surface area (Å²) >= 11 is 0. The van der Waals surface area contributed by atoms with Crippen molar-refractivity contribution < 1.29 is 4.79 Å². The highest BCUT2D eigenvalue weighted by Gasteiger charge is 2.05. The number of carbonyl (C=O) groups excluding carboxylic acids is 1. The lowest BCUT2D eigenvalue weighted by molar-refractivity contribution is 0.0952. The number of rotatable bonds is 5. The molecular weight excluding hydrogens is 252 g/mol. The molecule has 0 aliphatic rings. The summed E-state index contributed by atoms with van der Waals surface area (Å²) in [5, 5.41) is 15.8. The van der Waals surface area contributed by atoms with Crippen molar-refractivity contribution in [2.24, 2.45) is 0 Å². The number of benzene rings is 1. The molecule has 0 saturated carbocycles. The topological polar surface area (TPSA) is 70.7 Å². The zero-order valence-electron chi connectivity index (χ0n) is 11.3. The number of nitrogens with one attached hydrogen (secondary N) is 1. The molecule has 0 bridgehead atoms. The fourth-order valence-electron chi connectivity index (χ4n) is 1.86. The van der Waals surface area contributed by atoms with Crippen LogP contribution in [0.5, 0.6) is 0 Å². The Morgan fingerprint density at radius 2 is 2.35 bits per heavy atom. The average Bonchev–Trinajstić information content (AvgIpc) is 2.89. The summed E-state index contributed by atoms with van der Waals surface area (Å²) in [6.45, 7) is 3.34. The Hall–Kier alpha value is -2.61. The molecule has 0 aliphatic carbocycles. The fourth-order valence-corrected chi connectivity index (χ4v) is 1.86. The Labute approximate surface area is 117 Å². The molecule has 5 heteroatoms. The van der Waals surface area contributed by atoms with Crippen LogP contribution in [0.4, 0.5) is 0 Å². The average molecular weight is 268 g/mol. The van der Waals surface area contributed by atoms with Gasteiger partial charge in [0.25, 0.3) is 5.91 Å². The molecule has 0 radical (unpaired) electrons. The third-order valence-electron chi connectivity index (χ3n) is 2.87. The molecule has 5 nitrogen and oxygen atoms in total. The Morgan fingerprint density at radius 3 is 3.05 bits per heavy atom. The maximum absolute atomic E-state index is 11.9. The third kappa shape index (κ3) is 3.69. The van der Waals surface area contributed by atoms with Crippen LogP contribution in [-0.2, 0) is 6.54 Å². The predicted molar refractivity (Wildman–Crippen MR) is 75.1 cm³/mol. The quantitative estimate of drug-likeness (QED) is 0.842. The van der Waals surface area contributed by atoms with Crippen molar-refractivity contribution in [1.29, 1.82) is 5.26 Å². The van der Waals surface area contributed by atoms with Crippen molar-refractivity contribution in [2.75, 3.05) is 6.54 Å². The van der Waals surface area contributed by atoms with Gasteiger partial charge < -0.3 is 5.32 Å². The van der Waals surface area contributed by atoms with Gasteiger partial charge >= 0.3 is 0 Å². The number of nitrogens with zero attached hydrogens (tertiary/aromatic N) is 3. The Bertz CT molecular complexity index is 639. The summed E-state index contributed by atoms with van der Waals surface area (Å²) in [7, 11) is 0. The number of amides is 1. The van der Waals surface area contributed by atoms with E-state index in [1.165, 1.54) is 0 Å². The van der Waals surface area contributed by atoms with Gasteiger partial charge in [0.05, 0.1) is 17.8 Å². The molecule has 0 saturated heterocycles. The van der Waals surface area contributed by atoms with Crippen molar-refractivity contribution in [3.8, 4) is 6.07 Å². The third-order valence-corrected chi connectivity index (χ3v) is 2.87.